The van der Waals surface area contributed by atoms with Gasteiger partial charge in [-0.1, -0.05) is 19.1 Å². The first-order valence-corrected chi connectivity index (χ1v) is 7.60. The molecule has 0 saturated heterocycles. The van der Waals surface area contributed by atoms with E-state index in [0.29, 0.717) is 11.1 Å². The van der Waals surface area contributed by atoms with Gasteiger partial charge < -0.3 is 5.73 Å². The topological polar surface area (TPSA) is 72.2 Å². The summed E-state index contributed by atoms with van der Waals surface area (Å²) in [5, 5.41) is 0. The van der Waals surface area contributed by atoms with Crippen molar-refractivity contribution in [3.63, 3.8) is 0 Å². The molecule has 0 aliphatic heterocycles. The van der Waals surface area contributed by atoms with Crippen LogP contribution in [0.25, 0.3) is 0 Å². The predicted octanol–water partition coefficient (Wildman–Crippen LogP) is 1.64. The van der Waals surface area contributed by atoms with E-state index >= 15 is 0 Å². The first kappa shape index (κ1) is 16.0. The largest absolute Gasteiger partial charge is 0.393 e. The Bertz CT molecular complexity index is 577. The van der Waals surface area contributed by atoms with Gasteiger partial charge in [-0.05, 0) is 37.1 Å². The molecule has 1 rings (SSSR count). The number of nitrogens with two attached hydrogens (primary N) is 1. The normalized spacial score (nSPS) is 13.3. The van der Waals surface area contributed by atoms with Gasteiger partial charge in [0.25, 0.3) is 0 Å². The minimum absolute atomic E-state index is 0.101. The standard InChI is InChI=1S/C12H17FN2O2S2/c1-7-4-10(13)5-8(2)11(7)19(16,17)15-6-9(3)12(14)18/h4-5,9,15H,6H2,1-3H3,(H2,14,18). The van der Waals surface area contributed by atoms with E-state index in [4.69, 9.17) is 18.0 Å². The van der Waals surface area contributed by atoms with Crippen molar-refractivity contribution in [3.8, 4) is 0 Å². The van der Waals surface area contributed by atoms with E-state index in [1.165, 1.54) is 12.1 Å². The molecule has 1 aromatic carbocycles. The molecule has 0 aliphatic carbocycles. The third kappa shape index (κ3) is 3.95. The molecule has 1 unspecified atom stereocenters. The molecule has 19 heavy (non-hydrogen) atoms. The SMILES string of the molecule is Cc1cc(F)cc(C)c1S(=O)(=O)NCC(C)C(N)=S. The van der Waals surface area contributed by atoms with Crippen molar-refractivity contribution in [2.45, 2.75) is 25.7 Å². The number of halogens is 1. The highest BCUT2D eigenvalue weighted by molar-refractivity contribution is 7.89. The monoisotopic (exact) mass is 304 g/mol. The van der Waals surface area contributed by atoms with Crippen LogP contribution in [0.5, 0.6) is 0 Å². The van der Waals surface area contributed by atoms with E-state index < -0.39 is 15.8 Å². The van der Waals surface area contributed by atoms with E-state index in [1.807, 2.05) is 0 Å². The fourth-order valence-corrected chi connectivity index (χ4v) is 3.39. The zero-order valence-corrected chi connectivity index (χ0v) is 12.7. The molecule has 106 valence electrons. The minimum Gasteiger partial charge on any atom is -0.393 e. The van der Waals surface area contributed by atoms with Gasteiger partial charge in [0.2, 0.25) is 10.0 Å². The number of hydrogen-bond donors (Lipinski definition) is 2. The average Bonchev–Trinajstić information content (AvgIpc) is 2.23. The number of sulfonamides is 1. The van der Waals surface area contributed by atoms with Crippen molar-refractivity contribution in [1.29, 1.82) is 0 Å². The lowest BCUT2D eigenvalue weighted by atomic mass is 10.1. The second-order valence-corrected chi connectivity index (χ2v) is 6.70. The molecule has 0 heterocycles. The smallest absolute Gasteiger partial charge is 0.241 e. The van der Waals surface area contributed by atoms with E-state index in [0.717, 1.165) is 0 Å². The summed E-state index contributed by atoms with van der Waals surface area (Å²) < 4.78 is 40.0. The van der Waals surface area contributed by atoms with Gasteiger partial charge in [0.15, 0.2) is 0 Å². The Hall–Kier alpha value is -1.05. The van der Waals surface area contributed by atoms with Crippen LogP contribution in [0.2, 0.25) is 0 Å². The first-order chi connectivity index (χ1) is 8.65. The zero-order chi connectivity index (χ0) is 14.8. The van der Waals surface area contributed by atoms with E-state index in [9.17, 15) is 12.8 Å². The highest BCUT2D eigenvalue weighted by Crippen LogP contribution is 2.21. The van der Waals surface area contributed by atoms with Crippen LogP contribution in [0.1, 0.15) is 18.1 Å². The third-order valence-corrected chi connectivity index (χ3v) is 4.89. The summed E-state index contributed by atoms with van der Waals surface area (Å²) in [6, 6.07) is 2.39. The zero-order valence-electron chi connectivity index (χ0n) is 11.0. The highest BCUT2D eigenvalue weighted by Gasteiger charge is 2.21. The molecule has 0 radical (unpaired) electrons. The molecule has 4 nitrogen and oxygen atoms in total. The van der Waals surface area contributed by atoms with Gasteiger partial charge in [-0.3, -0.25) is 0 Å². The lowest BCUT2D eigenvalue weighted by Crippen LogP contribution is -2.34. The summed E-state index contributed by atoms with van der Waals surface area (Å²) in [5.74, 6) is -0.698. The summed E-state index contributed by atoms with van der Waals surface area (Å²) in [7, 11) is -3.70. The molecule has 1 atom stereocenters. The Balaban J connectivity index is 3.05. The van der Waals surface area contributed by atoms with Crippen LogP contribution in [0, 0.1) is 25.6 Å². The van der Waals surface area contributed by atoms with Crippen molar-refractivity contribution < 1.29 is 12.8 Å². The molecule has 0 bridgehead atoms. The van der Waals surface area contributed by atoms with Crippen LogP contribution < -0.4 is 10.5 Å². The number of aryl methyl sites for hydroxylation is 2. The Labute approximate surface area is 118 Å². The van der Waals surface area contributed by atoms with E-state index in [1.54, 1.807) is 20.8 Å². The van der Waals surface area contributed by atoms with Crippen molar-refractivity contribution in [2.24, 2.45) is 11.7 Å². The van der Waals surface area contributed by atoms with Gasteiger partial charge in [-0.2, -0.15) is 0 Å². The van der Waals surface area contributed by atoms with Gasteiger partial charge >= 0.3 is 0 Å². The van der Waals surface area contributed by atoms with Crippen LogP contribution in [-0.4, -0.2) is 20.0 Å². The number of nitrogens with one attached hydrogen (secondary N) is 1. The molecule has 0 aliphatic rings. The molecule has 0 amide bonds. The Kier molecular flexibility index (Phi) is 5.00. The van der Waals surface area contributed by atoms with Crippen LogP contribution >= 0.6 is 12.2 Å². The van der Waals surface area contributed by atoms with Gasteiger partial charge in [0.05, 0.1) is 9.88 Å². The summed E-state index contributed by atoms with van der Waals surface area (Å²) in [6.45, 7) is 4.96. The molecular formula is C12H17FN2O2S2. The van der Waals surface area contributed by atoms with E-state index in [-0.39, 0.29) is 22.3 Å². The van der Waals surface area contributed by atoms with Crippen LogP contribution in [-0.2, 0) is 10.0 Å². The second-order valence-electron chi connectivity index (χ2n) is 4.52. The first-order valence-electron chi connectivity index (χ1n) is 5.71. The van der Waals surface area contributed by atoms with Crippen molar-refractivity contribution in [1.82, 2.24) is 4.72 Å². The molecule has 3 N–H and O–H groups in total. The molecule has 0 spiro atoms. The summed E-state index contributed by atoms with van der Waals surface area (Å²) in [6.07, 6.45) is 0. The molecule has 1 aromatic rings. The Morgan fingerprint density at radius 1 is 1.42 bits per heavy atom. The molecule has 7 heteroatoms. The van der Waals surface area contributed by atoms with Crippen molar-refractivity contribution in [3.05, 3.63) is 29.1 Å². The number of benzene rings is 1. The van der Waals surface area contributed by atoms with Crippen LogP contribution in [0.3, 0.4) is 0 Å². The van der Waals surface area contributed by atoms with E-state index in [2.05, 4.69) is 4.72 Å². The van der Waals surface area contributed by atoms with Gasteiger partial charge in [-0.25, -0.2) is 17.5 Å². The van der Waals surface area contributed by atoms with Gasteiger partial charge in [0.1, 0.15) is 5.82 Å². The number of thiocarbonyl (C=S) groups is 1. The maximum Gasteiger partial charge on any atom is 0.241 e. The lowest BCUT2D eigenvalue weighted by molar-refractivity contribution is 0.572. The minimum atomic E-state index is -3.70. The maximum absolute atomic E-state index is 13.2. The predicted molar refractivity (Wildman–Crippen MR) is 77.0 cm³/mol. The van der Waals surface area contributed by atoms with Gasteiger partial charge in [0, 0.05) is 12.5 Å². The fourth-order valence-electron chi connectivity index (χ4n) is 1.73. The molecule has 0 fully saturated rings. The summed E-state index contributed by atoms with van der Waals surface area (Å²) in [5.41, 5.74) is 6.17. The van der Waals surface area contributed by atoms with Crippen LogP contribution in [0.15, 0.2) is 17.0 Å². The van der Waals surface area contributed by atoms with Gasteiger partial charge in [-0.15, -0.1) is 0 Å². The average molecular weight is 304 g/mol. The maximum atomic E-state index is 13.2. The Morgan fingerprint density at radius 2 is 1.89 bits per heavy atom. The van der Waals surface area contributed by atoms with Crippen LogP contribution in [0.4, 0.5) is 4.39 Å². The second kappa shape index (κ2) is 5.94. The van der Waals surface area contributed by atoms with Crippen molar-refractivity contribution >= 4 is 27.2 Å². The summed E-state index contributed by atoms with van der Waals surface area (Å²) in [4.78, 5) is 0.347. The highest BCUT2D eigenvalue weighted by atomic mass is 32.2. The Morgan fingerprint density at radius 3 is 2.32 bits per heavy atom. The fraction of sp³-hybridized carbons (Fsp3) is 0.417. The summed E-state index contributed by atoms with van der Waals surface area (Å²) >= 11 is 4.79. The van der Waals surface area contributed by atoms with Crippen molar-refractivity contribution in [2.75, 3.05) is 6.54 Å². The third-order valence-electron chi connectivity index (χ3n) is 2.76. The quantitative estimate of drug-likeness (QED) is 0.811. The molecule has 0 saturated carbocycles. The lowest BCUT2D eigenvalue weighted by Gasteiger charge is -2.14. The number of rotatable bonds is 5. The molecule has 0 aromatic heterocycles. The molecular weight excluding hydrogens is 287 g/mol. The number of hydrogen-bond acceptors (Lipinski definition) is 3.